The molecule has 2 rings (SSSR count). The van der Waals surface area contributed by atoms with Crippen molar-refractivity contribution in [1.29, 1.82) is 0 Å². The van der Waals surface area contributed by atoms with Crippen LogP contribution in [0.3, 0.4) is 0 Å². The van der Waals surface area contributed by atoms with Gasteiger partial charge in [0.1, 0.15) is 18.1 Å². The number of ether oxygens (including phenoxy) is 1. The lowest BCUT2D eigenvalue weighted by Crippen LogP contribution is -2.07. The molecule has 0 saturated carbocycles. The van der Waals surface area contributed by atoms with Gasteiger partial charge in [0.15, 0.2) is 9.84 Å². The van der Waals surface area contributed by atoms with Gasteiger partial charge < -0.3 is 14.5 Å². The number of benzene rings is 1. The van der Waals surface area contributed by atoms with Gasteiger partial charge in [-0.2, -0.15) is 0 Å². The third-order valence-corrected chi connectivity index (χ3v) is 3.92. The molecule has 0 saturated heterocycles. The van der Waals surface area contributed by atoms with Crippen molar-refractivity contribution in [2.24, 2.45) is 0 Å². The minimum atomic E-state index is -3.23. The largest absolute Gasteiger partial charge is 0.486 e. The highest BCUT2D eigenvalue weighted by molar-refractivity contribution is 7.90. The van der Waals surface area contributed by atoms with Crippen LogP contribution < -0.4 is 10.1 Å². The van der Waals surface area contributed by atoms with E-state index in [0.717, 1.165) is 11.3 Å². The first-order valence-corrected chi connectivity index (χ1v) is 8.02. The van der Waals surface area contributed by atoms with Crippen molar-refractivity contribution in [3.63, 3.8) is 0 Å². The van der Waals surface area contributed by atoms with Gasteiger partial charge in [-0.05, 0) is 31.3 Å². The molecule has 20 heavy (non-hydrogen) atoms. The Balaban J connectivity index is 2.09. The van der Waals surface area contributed by atoms with E-state index in [4.69, 9.17) is 9.15 Å². The Morgan fingerprint density at radius 1 is 1.30 bits per heavy atom. The second-order valence-corrected chi connectivity index (χ2v) is 6.45. The third kappa shape index (κ3) is 3.61. The van der Waals surface area contributed by atoms with Gasteiger partial charge in [0.25, 0.3) is 0 Å². The topological polar surface area (TPSA) is 68.5 Å². The minimum absolute atomic E-state index is 0.241. The molecule has 108 valence electrons. The molecule has 1 aromatic carbocycles. The summed E-state index contributed by atoms with van der Waals surface area (Å²) in [7, 11) is -1.37. The van der Waals surface area contributed by atoms with E-state index in [1.807, 2.05) is 13.1 Å². The normalized spacial score (nSPS) is 11.5. The van der Waals surface area contributed by atoms with Gasteiger partial charge in [-0.3, -0.25) is 0 Å². The van der Waals surface area contributed by atoms with Crippen molar-refractivity contribution < 1.29 is 17.6 Å². The van der Waals surface area contributed by atoms with Crippen LogP contribution in [0.15, 0.2) is 45.9 Å². The zero-order valence-corrected chi connectivity index (χ0v) is 12.2. The van der Waals surface area contributed by atoms with Crippen LogP contribution in [-0.2, 0) is 23.0 Å². The molecule has 1 heterocycles. The molecule has 2 aromatic rings. The maximum Gasteiger partial charge on any atom is 0.175 e. The molecular formula is C14H17NO4S. The van der Waals surface area contributed by atoms with Gasteiger partial charge in [-0.1, -0.05) is 6.07 Å². The second kappa shape index (κ2) is 6.11. The maximum atomic E-state index is 11.5. The van der Waals surface area contributed by atoms with Crippen molar-refractivity contribution >= 4 is 9.84 Å². The average molecular weight is 295 g/mol. The van der Waals surface area contributed by atoms with Crippen LogP contribution in [0.4, 0.5) is 0 Å². The smallest absolute Gasteiger partial charge is 0.175 e. The quantitative estimate of drug-likeness (QED) is 0.882. The fourth-order valence-corrected chi connectivity index (χ4v) is 2.44. The molecule has 1 N–H and O–H groups in total. The molecule has 0 aliphatic heterocycles. The van der Waals surface area contributed by atoms with E-state index in [-0.39, 0.29) is 11.5 Å². The van der Waals surface area contributed by atoms with Gasteiger partial charge in [-0.25, -0.2) is 8.42 Å². The Bertz CT molecular complexity index is 676. The van der Waals surface area contributed by atoms with Crippen LogP contribution in [0, 0.1) is 0 Å². The van der Waals surface area contributed by atoms with E-state index in [2.05, 4.69) is 5.32 Å². The third-order valence-electron chi connectivity index (χ3n) is 2.81. The van der Waals surface area contributed by atoms with E-state index in [0.29, 0.717) is 12.3 Å². The Kier molecular flexibility index (Phi) is 4.46. The van der Waals surface area contributed by atoms with Crippen molar-refractivity contribution in [1.82, 2.24) is 5.32 Å². The summed E-state index contributed by atoms with van der Waals surface area (Å²) in [4.78, 5) is 0.241. The molecule has 0 amide bonds. The Labute approximate surface area is 118 Å². The molecule has 1 aromatic heterocycles. The molecule has 0 radical (unpaired) electrons. The number of furan rings is 1. The monoisotopic (exact) mass is 295 g/mol. The van der Waals surface area contributed by atoms with Gasteiger partial charge in [0, 0.05) is 18.4 Å². The highest BCUT2D eigenvalue weighted by Gasteiger charge is 2.10. The lowest BCUT2D eigenvalue weighted by atomic mass is 10.2. The standard InChI is InChI=1S/C14H17NO4S/c1-15-9-11-6-7-18-14(11)10-19-12-4-3-5-13(8-12)20(2,16)17/h3-8,15H,9-10H2,1-2H3. The summed E-state index contributed by atoms with van der Waals surface area (Å²) in [5.41, 5.74) is 1.02. The molecule has 0 fully saturated rings. The zero-order chi connectivity index (χ0) is 14.6. The number of hydrogen-bond donors (Lipinski definition) is 1. The van der Waals surface area contributed by atoms with Crippen LogP contribution in [0.25, 0.3) is 0 Å². The van der Waals surface area contributed by atoms with Crippen LogP contribution in [-0.4, -0.2) is 21.7 Å². The Morgan fingerprint density at radius 2 is 2.10 bits per heavy atom. The highest BCUT2D eigenvalue weighted by atomic mass is 32.2. The number of nitrogens with one attached hydrogen (secondary N) is 1. The van der Waals surface area contributed by atoms with E-state index < -0.39 is 9.84 Å². The first kappa shape index (κ1) is 14.6. The molecule has 0 bridgehead atoms. The predicted octanol–water partition coefficient (Wildman–Crippen LogP) is 1.98. The predicted molar refractivity (Wildman–Crippen MR) is 75.4 cm³/mol. The number of sulfone groups is 1. The first-order valence-electron chi connectivity index (χ1n) is 6.13. The molecule has 0 spiro atoms. The number of rotatable bonds is 6. The maximum absolute atomic E-state index is 11.5. The molecule has 6 heteroatoms. The molecular weight excluding hydrogens is 278 g/mol. The SMILES string of the molecule is CNCc1ccoc1COc1cccc(S(C)(=O)=O)c1. The van der Waals surface area contributed by atoms with Gasteiger partial charge >= 0.3 is 0 Å². The van der Waals surface area contributed by atoms with E-state index in [1.54, 1.807) is 24.5 Å². The highest BCUT2D eigenvalue weighted by Crippen LogP contribution is 2.19. The second-order valence-electron chi connectivity index (χ2n) is 4.44. The van der Waals surface area contributed by atoms with E-state index in [9.17, 15) is 8.42 Å². The van der Waals surface area contributed by atoms with Gasteiger partial charge in [0.2, 0.25) is 0 Å². The summed E-state index contributed by atoms with van der Waals surface area (Å²) in [6.45, 7) is 0.954. The van der Waals surface area contributed by atoms with E-state index in [1.165, 1.54) is 12.3 Å². The molecule has 0 aliphatic carbocycles. The first-order chi connectivity index (χ1) is 9.50. The zero-order valence-electron chi connectivity index (χ0n) is 11.4. The van der Waals surface area contributed by atoms with Crippen LogP contribution in [0.5, 0.6) is 5.75 Å². The fraction of sp³-hybridized carbons (Fsp3) is 0.286. The van der Waals surface area contributed by atoms with E-state index >= 15 is 0 Å². The molecule has 5 nitrogen and oxygen atoms in total. The van der Waals surface area contributed by atoms with Crippen LogP contribution in [0.2, 0.25) is 0 Å². The summed E-state index contributed by atoms with van der Waals surface area (Å²) in [5, 5.41) is 3.04. The van der Waals surface area contributed by atoms with Gasteiger partial charge in [-0.15, -0.1) is 0 Å². The van der Waals surface area contributed by atoms with Crippen molar-refractivity contribution in [2.75, 3.05) is 13.3 Å². The minimum Gasteiger partial charge on any atom is -0.486 e. The summed E-state index contributed by atoms with van der Waals surface area (Å²) >= 11 is 0. The molecule has 0 atom stereocenters. The summed E-state index contributed by atoms with van der Waals surface area (Å²) in [6, 6.07) is 8.30. The molecule has 0 unspecified atom stereocenters. The van der Waals surface area contributed by atoms with Crippen molar-refractivity contribution in [3.05, 3.63) is 47.9 Å². The van der Waals surface area contributed by atoms with Gasteiger partial charge in [0.05, 0.1) is 11.2 Å². The van der Waals surface area contributed by atoms with Crippen LogP contribution >= 0.6 is 0 Å². The average Bonchev–Trinajstić information content (AvgIpc) is 2.84. The lowest BCUT2D eigenvalue weighted by Gasteiger charge is -2.07. The Morgan fingerprint density at radius 3 is 2.80 bits per heavy atom. The lowest BCUT2D eigenvalue weighted by molar-refractivity contribution is 0.267. The fourth-order valence-electron chi connectivity index (χ4n) is 1.79. The van der Waals surface area contributed by atoms with Crippen molar-refractivity contribution in [2.45, 2.75) is 18.0 Å². The summed E-state index contributed by atoms with van der Waals surface area (Å²) in [5.74, 6) is 1.23. The molecule has 0 aliphatic rings. The Hall–Kier alpha value is -1.79. The summed E-state index contributed by atoms with van der Waals surface area (Å²) < 4.78 is 33.9. The summed E-state index contributed by atoms with van der Waals surface area (Å²) in [6.07, 6.45) is 2.78. The number of hydrogen-bond acceptors (Lipinski definition) is 5. The van der Waals surface area contributed by atoms with Crippen molar-refractivity contribution in [3.8, 4) is 5.75 Å². The van der Waals surface area contributed by atoms with Crippen LogP contribution in [0.1, 0.15) is 11.3 Å².